The first-order chi connectivity index (χ1) is 10.6. The summed E-state index contributed by atoms with van der Waals surface area (Å²) in [6, 6.07) is 15.8. The monoisotopic (exact) mass is 440 g/mol. The smallest absolute Gasteiger partial charge is 0.250 e. The third-order valence-corrected chi connectivity index (χ3v) is 4.91. The van der Waals surface area contributed by atoms with Crippen molar-refractivity contribution in [1.82, 2.24) is 5.43 Å². The lowest BCUT2D eigenvalue weighted by atomic mass is 10.2. The van der Waals surface area contributed by atoms with Crippen molar-refractivity contribution in [3.8, 4) is 0 Å². The Bertz CT molecular complexity index is 677. The maximum atomic E-state index is 11.7. The van der Waals surface area contributed by atoms with Gasteiger partial charge < -0.3 is 0 Å². The van der Waals surface area contributed by atoms with Crippen molar-refractivity contribution < 1.29 is 4.79 Å². The molecule has 0 atom stereocenters. The minimum Gasteiger partial charge on any atom is -0.272 e. The van der Waals surface area contributed by atoms with Crippen LogP contribution < -0.4 is 5.43 Å². The van der Waals surface area contributed by atoms with Crippen molar-refractivity contribution in [3.05, 3.63) is 68.6 Å². The summed E-state index contributed by atoms with van der Waals surface area (Å²) in [6.45, 7) is 0. The molecule has 2 aromatic carbocycles. The molecule has 1 amide bonds. The molecule has 0 spiro atoms. The fraction of sp³-hybridized carbons (Fsp3) is 0.125. The number of carbonyl (C=O) groups is 1. The lowest BCUT2D eigenvalue weighted by Gasteiger charge is -2.02. The molecule has 2 rings (SSSR count). The number of nitrogens with zero attached hydrogens (tertiary/aromatic N) is 1. The Hall–Kier alpha value is -1.11. The van der Waals surface area contributed by atoms with Crippen LogP contribution in [0.4, 0.5) is 0 Å². The van der Waals surface area contributed by atoms with Gasteiger partial charge in [0, 0.05) is 20.3 Å². The number of amides is 1. The summed E-state index contributed by atoms with van der Waals surface area (Å²) in [5, 5.41) is 3.97. The highest BCUT2D eigenvalue weighted by molar-refractivity contribution is 9.10. The summed E-state index contributed by atoms with van der Waals surface area (Å²) in [4.78, 5) is 11.7. The van der Waals surface area contributed by atoms with Crippen molar-refractivity contribution in [3.63, 3.8) is 0 Å². The molecule has 2 aromatic rings. The minimum absolute atomic E-state index is 0.108. The Morgan fingerprint density at radius 3 is 2.77 bits per heavy atom. The van der Waals surface area contributed by atoms with Gasteiger partial charge in [0.1, 0.15) is 0 Å². The normalized spacial score (nSPS) is 10.8. The minimum atomic E-state index is -0.108. The van der Waals surface area contributed by atoms with Crippen molar-refractivity contribution in [2.75, 3.05) is 5.75 Å². The second kappa shape index (κ2) is 9.12. The molecule has 0 aliphatic heterocycles. The van der Waals surface area contributed by atoms with E-state index in [4.69, 9.17) is 0 Å². The van der Waals surface area contributed by atoms with E-state index in [2.05, 4.69) is 48.5 Å². The van der Waals surface area contributed by atoms with E-state index in [0.29, 0.717) is 5.75 Å². The molecule has 0 aliphatic rings. The predicted octanol–water partition coefficient (Wildman–Crippen LogP) is 4.60. The highest BCUT2D eigenvalue weighted by Gasteiger charge is 2.01. The number of hydrazone groups is 1. The average molecular weight is 442 g/mol. The maximum absolute atomic E-state index is 11.7. The van der Waals surface area contributed by atoms with E-state index in [1.54, 1.807) is 18.0 Å². The molecule has 0 unspecified atom stereocenters. The van der Waals surface area contributed by atoms with Crippen LogP contribution in [0.2, 0.25) is 0 Å². The zero-order valence-electron chi connectivity index (χ0n) is 11.6. The largest absolute Gasteiger partial charge is 0.272 e. The Labute approximate surface area is 150 Å². The van der Waals surface area contributed by atoms with Crippen LogP contribution in [-0.2, 0) is 10.5 Å². The molecule has 0 saturated heterocycles. The molecule has 6 heteroatoms. The fourth-order valence-electron chi connectivity index (χ4n) is 1.67. The molecule has 3 nitrogen and oxygen atoms in total. The van der Waals surface area contributed by atoms with E-state index >= 15 is 0 Å². The molecular formula is C16H14Br2N2OS. The van der Waals surface area contributed by atoms with E-state index < -0.39 is 0 Å². The topological polar surface area (TPSA) is 41.5 Å². The Morgan fingerprint density at radius 2 is 2.00 bits per heavy atom. The number of hydrogen-bond acceptors (Lipinski definition) is 3. The van der Waals surface area contributed by atoms with Gasteiger partial charge in [0.05, 0.1) is 12.0 Å². The van der Waals surface area contributed by atoms with Gasteiger partial charge in [0.25, 0.3) is 0 Å². The number of benzene rings is 2. The van der Waals surface area contributed by atoms with Crippen molar-refractivity contribution >= 4 is 55.7 Å². The first kappa shape index (κ1) is 17.2. The lowest BCUT2D eigenvalue weighted by Crippen LogP contribution is -2.19. The van der Waals surface area contributed by atoms with Gasteiger partial charge in [-0.05, 0) is 23.8 Å². The van der Waals surface area contributed by atoms with Crippen molar-refractivity contribution in [2.24, 2.45) is 5.10 Å². The highest BCUT2D eigenvalue weighted by Crippen LogP contribution is 2.17. The maximum Gasteiger partial charge on any atom is 0.250 e. The van der Waals surface area contributed by atoms with E-state index in [-0.39, 0.29) is 5.91 Å². The summed E-state index contributed by atoms with van der Waals surface area (Å²) in [6.07, 6.45) is 1.63. The van der Waals surface area contributed by atoms with Crippen LogP contribution in [0, 0.1) is 0 Å². The lowest BCUT2D eigenvalue weighted by molar-refractivity contribution is -0.118. The third-order valence-electron chi connectivity index (χ3n) is 2.69. The van der Waals surface area contributed by atoms with E-state index in [0.717, 1.165) is 20.3 Å². The Kier molecular flexibility index (Phi) is 7.15. The summed E-state index contributed by atoms with van der Waals surface area (Å²) in [7, 11) is 0. The van der Waals surface area contributed by atoms with Gasteiger partial charge in [-0.15, -0.1) is 11.8 Å². The number of thioether (sulfide) groups is 1. The van der Waals surface area contributed by atoms with Gasteiger partial charge in [-0.3, -0.25) is 4.79 Å². The van der Waals surface area contributed by atoms with E-state index in [9.17, 15) is 4.79 Å². The molecular weight excluding hydrogens is 428 g/mol. The number of halogens is 2. The van der Waals surface area contributed by atoms with E-state index in [1.165, 1.54) is 5.56 Å². The molecule has 0 bridgehead atoms. The van der Waals surface area contributed by atoms with Gasteiger partial charge in [0.2, 0.25) is 5.91 Å². The molecule has 0 saturated carbocycles. The summed E-state index contributed by atoms with van der Waals surface area (Å²) in [5.41, 5.74) is 4.64. The number of rotatable bonds is 6. The highest BCUT2D eigenvalue weighted by atomic mass is 79.9. The second-order valence-corrected chi connectivity index (χ2v) is 7.19. The number of carbonyl (C=O) groups excluding carboxylic acids is 1. The fourth-order valence-corrected chi connectivity index (χ4v) is 3.28. The predicted molar refractivity (Wildman–Crippen MR) is 100 cm³/mol. The third kappa shape index (κ3) is 5.94. The molecule has 22 heavy (non-hydrogen) atoms. The molecule has 0 aliphatic carbocycles. The van der Waals surface area contributed by atoms with Gasteiger partial charge in [-0.2, -0.15) is 5.10 Å². The van der Waals surface area contributed by atoms with Crippen LogP contribution in [-0.4, -0.2) is 17.9 Å². The van der Waals surface area contributed by atoms with Crippen molar-refractivity contribution in [1.29, 1.82) is 0 Å². The van der Waals surface area contributed by atoms with Gasteiger partial charge in [0.15, 0.2) is 0 Å². The zero-order valence-corrected chi connectivity index (χ0v) is 15.6. The van der Waals surface area contributed by atoms with Gasteiger partial charge >= 0.3 is 0 Å². The van der Waals surface area contributed by atoms with Crippen LogP contribution in [0.3, 0.4) is 0 Å². The van der Waals surface area contributed by atoms with Crippen molar-refractivity contribution in [2.45, 2.75) is 5.75 Å². The Morgan fingerprint density at radius 1 is 1.18 bits per heavy atom. The molecule has 0 heterocycles. The number of nitrogens with one attached hydrogen (secondary N) is 1. The molecule has 0 radical (unpaired) electrons. The standard InChI is InChI=1S/C16H14Br2N2OS/c17-14-6-3-4-12(8-14)10-22-11-16(21)20-19-9-13-5-1-2-7-15(13)18/h1-9H,10-11H2,(H,20,21)/b19-9-. The van der Waals surface area contributed by atoms with Crippen LogP contribution in [0.25, 0.3) is 0 Å². The van der Waals surface area contributed by atoms with Crippen LogP contribution in [0.15, 0.2) is 62.6 Å². The molecule has 0 fully saturated rings. The second-order valence-electron chi connectivity index (χ2n) is 4.44. The first-order valence-electron chi connectivity index (χ1n) is 6.54. The number of hydrogen-bond donors (Lipinski definition) is 1. The summed E-state index contributed by atoms with van der Waals surface area (Å²) in [5.74, 6) is 1.06. The molecule has 0 aromatic heterocycles. The van der Waals surface area contributed by atoms with Gasteiger partial charge in [-0.1, -0.05) is 62.2 Å². The van der Waals surface area contributed by atoms with Crippen LogP contribution in [0.1, 0.15) is 11.1 Å². The SMILES string of the molecule is O=C(CSCc1cccc(Br)c1)N/N=C\c1ccccc1Br. The molecule has 1 N–H and O–H groups in total. The molecule has 114 valence electrons. The zero-order chi connectivity index (χ0) is 15.8. The average Bonchev–Trinajstić information content (AvgIpc) is 2.49. The van der Waals surface area contributed by atoms with Crippen LogP contribution >= 0.6 is 43.6 Å². The van der Waals surface area contributed by atoms with Crippen LogP contribution in [0.5, 0.6) is 0 Å². The Balaban J connectivity index is 1.73. The quantitative estimate of drug-likeness (QED) is 0.525. The summed E-state index contributed by atoms with van der Waals surface area (Å²) < 4.78 is 1.99. The van der Waals surface area contributed by atoms with E-state index in [1.807, 2.05) is 42.5 Å². The van der Waals surface area contributed by atoms with Gasteiger partial charge in [-0.25, -0.2) is 5.43 Å². The first-order valence-corrected chi connectivity index (χ1v) is 9.28. The summed E-state index contributed by atoms with van der Waals surface area (Å²) >= 11 is 8.42.